The zero-order valence-corrected chi connectivity index (χ0v) is 26.7. The van der Waals surface area contributed by atoms with Crippen LogP contribution < -0.4 is 10.4 Å². The molecule has 5 rings (SSSR count). The molecule has 3 aromatic rings. The summed E-state index contributed by atoms with van der Waals surface area (Å²) in [5, 5.41) is 9.56. The lowest BCUT2D eigenvalue weighted by molar-refractivity contribution is -0.157. The van der Waals surface area contributed by atoms with E-state index in [2.05, 4.69) is 18.8 Å². The minimum absolute atomic E-state index is 0.00512. The van der Waals surface area contributed by atoms with Crippen LogP contribution in [0.4, 0.5) is 0 Å². The van der Waals surface area contributed by atoms with Crippen LogP contribution >= 0.6 is 0 Å². The molecule has 2 N–H and O–H groups in total. The number of hydrogen-bond acceptors (Lipinski definition) is 8. The van der Waals surface area contributed by atoms with Crippen molar-refractivity contribution in [3.05, 3.63) is 70.9 Å². The second kappa shape index (κ2) is 14.2. The first-order valence-electron chi connectivity index (χ1n) is 15.4. The zero-order valence-electron chi connectivity index (χ0n) is 25.9. The predicted molar refractivity (Wildman–Crippen MR) is 168 cm³/mol. The number of aromatic nitrogens is 2. The average Bonchev–Trinajstić information content (AvgIpc) is 3.39. The minimum atomic E-state index is -3.89. The molecule has 45 heavy (non-hydrogen) atoms. The van der Waals surface area contributed by atoms with Gasteiger partial charge in [-0.15, -0.1) is 0 Å². The number of aliphatic hydroxyl groups excluding tert-OH is 1. The number of para-hydroxylation sites is 2. The van der Waals surface area contributed by atoms with E-state index in [9.17, 15) is 23.1 Å². The summed E-state index contributed by atoms with van der Waals surface area (Å²) < 4.78 is 46.6. The van der Waals surface area contributed by atoms with Gasteiger partial charge >= 0.3 is 5.69 Å². The maximum absolute atomic E-state index is 13.6. The van der Waals surface area contributed by atoms with Gasteiger partial charge in [0.2, 0.25) is 16.3 Å². The van der Waals surface area contributed by atoms with Crippen LogP contribution in [0.5, 0.6) is 5.75 Å². The van der Waals surface area contributed by atoms with Crippen LogP contribution in [0.2, 0.25) is 0 Å². The second-order valence-corrected chi connectivity index (χ2v) is 13.7. The summed E-state index contributed by atoms with van der Waals surface area (Å²) in [5.74, 6) is 0.798. The first-order valence-corrected chi connectivity index (χ1v) is 16.8. The average molecular weight is 643 g/mol. The number of hydrogen-bond donors (Lipinski definition) is 2. The number of carbonyl (C=O) groups is 1. The lowest BCUT2D eigenvalue weighted by Crippen LogP contribution is -2.43. The molecule has 3 heterocycles. The fourth-order valence-corrected chi connectivity index (χ4v) is 7.38. The van der Waals surface area contributed by atoms with Crippen LogP contribution in [0.1, 0.15) is 39.2 Å². The first kappa shape index (κ1) is 32.7. The third-order valence-electron chi connectivity index (χ3n) is 8.59. The maximum Gasteiger partial charge on any atom is 0.326 e. The van der Waals surface area contributed by atoms with Crippen LogP contribution in [0.15, 0.2) is 70.1 Å². The Kier molecular flexibility index (Phi) is 10.3. The van der Waals surface area contributed by atoms with Crippen molar-refractivity contribution in [2.45, 2.75) is 50.3 Å². The third-order valence-corrected chi connectivity index (χ3v) is 10.5. The molecule has 0 unspecified atom stereocenters. The van der Waals surface area contributed by atoms with Crippen LogP contribution in [-0.2, 0) is 24.3 Å². The van der Waals surface area contributed by atoms with Gasteiger partial charge in [-0.3, -0.25) is 9.36 Å². The lowest BCUT2D eigenvalue weighted by atomic mass is 9.90. The topological polar surface area (TPSA) is 143 Å². The number of piperidine rings is 1. The van der Waals surface area contributed by atoms with Gasteiger partial charge in [0, 0.05) is 38.6 Å². The number of nitrogens with one attached hydrogen (secondary N) is 1. The molecule has 1 aromatic heterocycles. The standard InChI is InChI=1S/C32H42N4O8S/c1-22(2)23-20-29(31(38)34-14-12-24(13-15-34)36-28-7-5-4-6-27(28)33-32(36)39)44-30(21-23)43-19-17-35(16-18-37)45(40,41)26-10-8-25(42-3)9-11-26/h4-11,20,22-24,30,37H,12-19,21H2,1-3H3,(H,33,39)/t23-,30+/m0/s1. The SMILES string of the molecule is COc1ccc(S(=O)(=O)N(CCO)CCO[C@H]2C[C@@H](C(C)C)C=C(C(=O)N3CCC(n4c(=O)[nH]c5ccccc54)CC3)O2)cc1. The van der Waals surface area contributed by atoms with E-state index in [-0.39, 0.29) is 66.4 Å². The number of ether oxygens (including phenoxy) is 3. The van der Waals surface area contributed by atoms with E-state index in [1.807, 2.05) is 30.3 Å². The molecule has 244 valence electrons. The van der Waals surface area contributed by atoms with Crippen molar-refractivity contribution in [2.75, 3.05) is 46.5 Å². The summed E-state index contributed by atoms with van der Waals surface area (Å²) >= 11 is 0. The number of likely N-dealkylation sites (tertiary alicyclic amines) is 1. The van der Waals surface area contributed by atoms with E-state index in [4.69, 9.17) is 14.2 Å². The Bertz CT molecular complexity index is 1660. The summed E-state index contributed by atoms with van der Waals surface area (Å²) in [6.45, 7) is 4.66. The van der Waals surface area contributed by atoms with Gasteiger partial charge in [-0.2, -0.15) is 4.31 Å². The monoisotopic (exact) mass is 642 g/mol. The molecule has 12 nitrogen and oxygen atoms in total. The number of H-pyrrole nitrogens is 1. The van der Waals surface area contributed by atoms with Crippen molar-refractivity contribution in [3.8, 4) is 5.75 Å². The Hall–Kier alpha value is -3.65. The largest absolute Gasteiger partial charge is 0.497 e. The van der Waals surface area contributed by atoms with Crippen molar-refractivity contribution in [2.24, 2.45) is 11.8 Å². The molecule has 13 heteroatoms. The number of aromatic amines is 1. The first-order chi connectivity index (χ1) is 21.6. The predicted octanol–water partition coefficient (Wildman–Crippen LogP) is 3.10. The van der Waals surface area contributed by atoms with Crippen LogP contribution in [-0.4, -0.2) is 91.0 Å². The molecule has 0 aliphatic carbocycles. The van der Waals surface area contributed by atoms with Gasteiger partial charge in [0.1, 0.15) is 5.75 Å². The summed E-state index contributed by atoms with van der Waals surface area (Å²) in [5.41, 5.74) is 1.51. The Balaban J connectivity index is 1.20. The number of sulfonamides is 1. The number of rotatable bonds is 12. The highest BCUT2D eigenvalue weighted by molar-refractivity contribution is 7.89. The Morgan fingerprint density at radius 3 is 2.49 bits per heavy atom. The second-order valence-electron chi connectivity index (χ2n) is 11.7. The molecule has 2 aliphatic rings. The number of amides is 1. The molecule has 2 aliphatic heterocycles. The molecule has 0 radical (unpaired) electrons. The summed E-state index contributed by atoms with van der Waals surface area (Å²) in [6, 6.07) is 13.6. The summed E-state index contributed by atoms with van der Waals surface area (Å²) in [7, 11) is -2.39. The van der Waals surface area contributed by atoms with Gasteiger partial charge in [-0.05, 0) is 67.2 Å². The van der Waals surface area contributed by atoms with Crippen LogP contribution in [0.25, 0.3) is 11.0 Å². The molecule has 0 saturated carbocycles. The fourth-order valence-electron chi connectivity index (χ4n) is 5.97. The molecule has 1 amide bonds. The van der Waals surface area contributed by atoms with Crippen LogP contribution in [0, 0.1) is 11.8 Å². The van der Waals surface area contributed by atoms with Crippen molar-refractivity contribution >= 4 is 27.0 Å². The fraction of sp³-hybridized carbons (Fsp3) is 0.500. The lowest BCUT2D eigenvalue weighted by Gasteiger charge is -2.36. The van der Waals surface area contributed by atoms with E-state index in [0.29, 0.717) is 38.1 Å². The number of imidazole rings is 1. The number of allylic oxidation sites excluding steroid dienone is 1. The normalized spacial score (nSPS) is 19.6. The molecule has 0 spiro atoms. The van der Waals surface area contributed by atoms with Gasteiger partial charge in [0.15, 0.2) is 5.76 Å². The van der Waals surface area contributed by atoms with Gasteiger partial charge in [0.05, 0.1) is 36.3 Å². The van der Waals surface area contributed by atoms with E-state index in [1.165, 1.54) is 23.5 Å². The molecule has 2 atom stereocenters. The molecule has 1 saturated heterocycles. The Labute approximate surface area is 263 Å². The molecule has 0 bridgehead atoms. The van der Waals surface area contributed by atoms with E-state index >= 15 is 0 Å². The van der Waals surface area contributed by atoms with E-state index in [1.54, 1.807) is 21.6 Å². The van der Waals surface area contributed by atoms with Crippen molar-refractivity contribution in [1.29, 1.82) is 0 Å². The van der Waals surface area contributed by atoms with Gasteiger partial charge in [0.25, 0.3) is 5.91 Å². The zero-order chi connectivity index (χ0) is 32.1. The smallest absolute Gasteiger partial charge is 0.326 e. The summed E-state index contributed by atoms with van der Waals surface area (Å²) in [4.78, 5) is 31.1. The molecular formula is C32H42N4O8S. The highest BCUT2D eigenvalue weighted by Gasteiger charge is 2.34. The maximum atomic E-state index is 13.6. The number of aliphatic hydroxyl groups is 1. The number of carbonyl (C=O) groups excluding carboxylic acids is 1. The Morgan fingerprint density at radius 2 is 1.82 bits per heavy atom. The third kappa shape index (κ3) is 7.27. The number of fused-ring (bicyclic) bond motifs is 1. The van der Waals surface area contributed by atoms with Crippen LogP contribution in [0.3, 0.4) is 0 Å². The van der Waals surface area contributed by atoms with E-state index < -0.39 is 16.3 Å². The van der Waals surface area contributed by atoms with Gasteiger partial charge < -0.3 is 29.2 Å². The number of nitrogens with zero attached hydrogens (tertiary/aromatic N) is 3. The molecule has 1 fully saturated rings. The quantitative estimate of drug-likeness (QED) is 0.307. The van der Waals surface area contributed by atoms with E-state index in [0.717, 1.165) is 11.0 Å². The highest BCUT2D eigenvalue weighted by Crippen LogP contribution is 2.31. The minimum Gasteiger partial charge on any atom is -0.497 e. The molecular weight excluding hydrogens is 600 g/mol. The van der Waals surface area contributed by atoms with Crippen molar-refractivity contribution in [1.82, 2.24) is 18.8 Å². The number of benzene rings is 2. The van der Waals surface area contributed by atoms with Gasteiger partial charge in [-0.1, -0.05) is 26.0 Å². The molecule has 2 aromatic carbocycles. The number of methoxy groups -OCH3 is 1. The Morgan fingerprint density at radius 1 is 1.11 bits per heavy atom. The van der Waals surface area contributed by atoms with Gasteiger partial charge in [-0.25, -0.2) is 13.2 Å². The summed E-state index contributed by atoms with van der Waals surface area (Å²) in [6.07, 6.45) is 2.93. The van der Waals surface area contributed by atoms with Crippen molar-refractivity contribution in [3.63, 3.8) is 0 Å². The highest BCUT2D eigenvalue weighted by atomic mass is 32.2. The van der Waals surface area contributed by atoms with Crippen molar-refractivity contribution < 1.29 is 32.5 Å².